The molecule has 2 rings (SSSR count). The molecule has 0 radical (unpaired) electrons. The summed E-state index contributed by atoms with van der Waals surface area (Å²) < 4.78 is 0. The summed E-state index contributed by atoms with van der Waals surface area (Å²) in [5, 5.41) is 26.4. The van der Waals surface area contributed by atoms with Crippen LogP contribution in [0.15, 0.2) is 48.5 Å². The Morgan fingerprint density at radius 1 is 0.778 bits per heavy atom. The summed E-state index contributed by atoms with van der Waals surface area (Å²) in [7, 11) is 0. The second-order valence-electron chi connectivity index (χ2n) is 3.87. The Hall–Kier alpha value is -1.84. The molecule has 3 nitrogen and oxygen atoms in total. The van der Waals surface area contributed by atoms with E-state index in [0.717, 1.165) is 16.7 Å². The molecule has 0 amide bonds. The fourth-order valence-electron chi connectivity index (χ4n) is 1.43. The molecule has 0 aromatic heterocycles. The van der Waals surface area contributed by atoms with Gasteiger partial charge in [-0.2, -0.15) is 0 Å². The van der Waals surface area contributed by atoms with E-state index in [2.05, 4.69) is 0 Å². The van der Waals surface area contributed by atoms with E-state index in [0.29, 0.717) is 5.75 Å². The third-order valence-corrected chi connectivity index (χ3v) is 2.57. The molecular formula is C15H18O3. The number of phenols is 1. The summed E-state index contributed by atoms with van der Waals surface area (Å²) in [6.45, 7) is 1.86. The maximum atomic E-state index is 8.92. The first-order valence-corrected chi connectivity index (χ1v) is 5.72. The van der Waals surface area contributed by atoms with Gasteiger partial charge in [-0.25, -0.2) is 0 Å². The van der Waals surface area contributed by atoms with Crippen LogP contribution in [0.4, 0.5) is 0 Å². The number of benzene rings is 2. The first kappa shape index (κ1) is 14.2. The number of para-hydroxylation sites is 1. The fourth-order valence-corrected chi connectivity index (χ4v) is 1.43. The first-order valence-electron chi connectivity index (χ1n) is 5.72. The van der Waals surface area contributed by atoms with Crippen LogP contribution < -0.4 is 0 Å². The predicted molar refractivity (Wildman–Crippen MR) is 71.1 cm³/mol. The fraction of sp³-hybridized carbons (Fsp3) is 0.200. The molecule has 0 saturated carbocycles. The Morgan fingerprint density at radius 3 is 1.56 bits per heavy atom. The highest BCUT2D eigenvalue weighted by molar-refractivity contribution is 5.29. The number of hydrogen-bond donors (Lipinski definition) is 3. The molecule has 3 heteroatoms. The Kier molecular flexibility index (Phi) is 5.91. The lowest BCUT2D eigenvalue weighted by Crippen LogP contribution is -1.91. The van der Waals surface area contributed by atoms with Gasteiger partial charge < -0.3 is 15.3 Å². The average molecular weight is 246 g/mol. The van der Waals surface area contributed by atoms with Gasteiger partial charge in [0.25, 0.3) is 0 Å². The van der Waals surface area contributed by atoms with Crippen molar-refractivity contribution in [1.82, 2.24) is 0 Å². The van der Waals surface area contributed by atoms with Crippen LogP contribution in [0.5, 0.6) is 5.75 Å². The van der Waals surface area contributed by atoms with Crippen LogP contribution in [0.3, 0.4) is 0 Å². The minimum atomic E-state index is -0.00324. The van der Waals surface area contributed by atoms with Crippen LogP contribution >= 0.6 is 0 Å². The van der Waals surface area contributed by atoms with Crippen molar-refractivity contribution in [2.75, 3.05) is 0 Å². The lowest BCUT2D eigenvalue weighted by atomic mass is 10.1. The highest BCUT2D eigenvalue weighted by atomic mass is 16.3. The Morgan fingerprint density at radius 2 is 1.22 bits per heavy atom. The maximum absolute atomic E-state index is 8.92. The first-order chi connectivity index (χ1) is 8.69. The van der Waals surface area contributed by atoms with Crippen molar-refractivity contribution < 1.29 is 15.3 Å². The monoisotopic (exact) mass is 246 g/mol. The molecule has 96 valence electrons. The summed E-state index contributed by atoms with van der Waals surface area (Å²) in [6.07, 6.45) is 0. The van der Waals surface area contributed by atoms with E-state index in [1.807, 2.05) is 37.3 Å². The molecule has 3 N–H and O–H groups in total. The van der Waals surface area contributed by atoms with Crippen LogP contribution in [0.2, 0.25) is 0 Å². The molecule has 0 saturated heterocycles. The Bertz CT molecular complexity index is 437. The third-order valence-electron chi connectivity index (χ3n) is 2.57. The van der Waals surface area contributed by atoms with Gasteiger partial charge in [0.2, 0.25) is 0 Å². The standard InChI is InChI=1S/C8H10O2.C7H8O/c9-5-7-3-1-2-4-8(7)6-10;1-6-4-2-3-5-7(6)8/h1-4,9-10H,5-6H2;2-5,8H,1H3. The largest absolute Gasteiger partial charge is 0.508 e. The van der Waals surface area contributed by atoms with E-state index >= 15 is 0 Å². The van der Waals surface area contributed by atoms with Gasteiger partial charge in [0, 0.05) is 0 Å². The van der Waals surface area contributed by atoms with Crippen LogP contribution in [-0.4, -0.2) is 15.3 Å². The summed E-state index contributed by atoms with van der Waals surface area (Å²) in [5.74, 6) is 0.368. The van der Waals surface area contributed by atoms with Crippen molar-refractivity contribution in [1.29, 1.82) is 0 Å². The number of aryl methyl sites for hydroxylation is 1. The van der Waals surface area contributed by atoms with Crippen LogP contribution in [0, 0.1) is 6.92 Å². The number of aromatic hydroxyl groups is 1. The molecule has 0 bridgehead atoms. The maximum Gasteiger partial charge on any atom is 0.118 e. The van der Waals surface area contributed by atoms with E-state index in [9.17, 15) is 0 Å². The Labute approximate surface area is 107 Å². The number of rotatable bonds is 2. The van der Waals surface area contributed by atoms with Crippen LogP contribution in [-0.2, 0) is 13.2 Å². The smallest absolute Gasteiger partial charge is 0.118 e. The molecule has 0 aliphatic rings. The van der Waals surface area contributed by atoms with Gasteiger partial charge in [0.15, 0.2) is 0 Å². The lowest BCUT2D eigenvalue weighted by molar-refractivity contribution is 0.260. The van der Waals surface area contributed by atoms with Crippen LogP contribution in [0.1, 0.15) is 16.7 Å². The number of hydrogen-bond acceptors (Lipinski definition) is 3. The summed E-state index contributed by atoms with van der Waals surface area (Å²) in [5.41, 5.74) is 2.52. The van der Waals surface area contributed by atoms with Gasteiger partial charge in [-0.3, -0.25) is 0 Å². The summed E-state index contributed by atoms with van der Waals surface area (Å²) in [6, 6.07) is 14.5. The van der Waals surface area contributed by atoms with Crippen LogP contribution in [0.25, 0.3) is 0 Å². The molecule has 2 aromatic rings. The van der Waals surface area contributed by atoms with Gasteiger partial charge >= 0.3 is 0 Å². The molecule has 0 fully saturated rings. The normalized spacial score (nSPS) is 9.50. The van der Waals surface area contributed by atoms with Crippen molar-refractivity contribution in [3.8, 4) is 5.75 Å². The van der Waals surface area contributed by atoms with Crippen molar-refractivity contribution >= 4 is 0 Å². The quantitative estimate of drug-likeness (QED) is 0.762. The molecular weight excluding hydrogens is 228 g/mol. The topological polar surface area (TPSA) is 60.7 Å². The molecule has 0 unspecified atom stereocenters. The minimum Gasteiger partial charge on any atom is -0.508 e. The molecule has 2 aromatic carbocycles. The Balaban J connectivity index is 0.000000184. The van der Waals surface area contributed by atoms with E-state index < -0.39 is 0 Å². The zero-order chi connectivity index (χ0) is 13.4. The highest BCUT2D eigenvalue weighted by Gasteiger charge is 1.95. The second kappa shape index (κ2) is 7.48. The van der Waals surface area contributed by atoms with Crippen molar-refractivity contribution in [3.63, 3.8) is 0 Å². The average Bonchev–Trinajstić information content (AvgIpc) is 2.42. The van der Waals surface area contributed by atoms with E-state index in [-0.39, 0.29) is 13.2 Å². The zero-order valence-electron chi connectivity index (χ0n) is 10.4. The van der Waals surface area contributed by atoms with E-state index in [1.54, 1.807) is 18.2 Å². The lowest BCUT2D eigenvalue weighted by Gasteiger charge is -2.01. The van der Waals surface area contributed by atoms with Crippen molar-refractivity contribution in [3.05, 3.63) is 65.2 Å². The summed E-state index contributed by atoms with van der Waals surface area (Å²) >= 11 is 0. The molecule has 0 spiro atoms. The van der Waals surface area contributed by atoms with Gasteiger partial charge in [-0.1, -0.05) is 42.5 Å². The van der Waals surface area contributed by atoms with Crippen molar-refractivity contribution in [2.45, 2.75) is 20.1 Å². The van der Waals surface area contributed by atoms with Gasteiger partial charge in [-0.05, 0) is 29.7 Å². The number of aliphatic hydroxyl groups is 2. The predicted octanol–water partition coefficient (Wildman–Crippen LogP) is 2.37. The molecule has 0 aliphatic heterocycles. The van der Waals surface area contributed by atoms with Crippen molar-refractivity contribution in [2.24, 2.45) is 0 Å². The SMILES string of the molecule is Cc1ccccc1O.OCc1ccccc1CO. The van der Waals surface area contributed by atoms with Gasteiger partial charge in [0.1, 0.15) is 5.75 Å². The molecule has 0 aliphatic carbocycles. The van der Waals surface area contributed by atoms with E-state index in [1.165, 1.54) is 0 Å². The zero-order valence-corrected chi connectivity index (χ0v) is 10.4. The minimum absolute atomic E-state index is 0.00324. The number of aliphatic hydroxyl groups excluding tert-OH is 2. The summed E-state index contributed by atoms with van der Waals surface area (Å²) in [4.78, 5) is 0. The molecule has 18 heavy (non-hydrogen) atoms. The van der Waals surface area contributed by atoms with E-state index in [4.69, 9.17) is 15.3 Å². The molecule has 0 heterocycles. The highest BCUT2D eigenvalue weighted by Crippen LogP contribution is 2.12. The van der Waals surface area contributed by atoms with Gasteiger partial charge in [0.05, 0.1) is 13.2 Å². The number of phenolic OH excluding ortho intramolecular Hbond substituents is 1. The third kappa shape index (κ3) is 4.20. The van der Waals surface area contributed by atoms with Gasteiger partial charge in [-0.15, -0.1) is 0 Å². The molecule has 0 atom stereocenters. The second-order valence-corrected chi connectivity index (χ2v) is 3.87.